The summed E-state index contributed by atoms with van der Waals surface area (Å²) in [5.74, 6) is 0. The van der Waals surface area contributed by atoms with Crippen molar-refractivity contribution in [2.75, 3.05) is 18.5 Å². The number of aliphatic hydroxyl groups excluding tert-OH is 1. The van der Waals surface area contributed by atoms with Crippen molar-refractivity contribution in [3.63, 3.8) is 0 Å². The maximum absolute atomic E-state index is 8.62. The first kappa shape index (κ1) is 12.3. The van der Waals surface area contributed by atoms with Crippen molar-refractivity contribution in [3.8, 4) is 0 Å². The van der Waals surface area contributed by atoms with Gasteiger partial charge in [-0.2, -0.15) is 5.10 Å². The summed E-state index contributed by atoms with van der Waals surface area (Å²) in [6.07, 6.45) is 4.77. The summed E-state index contributed by atoms with van der Waals surface area (Å²) in [5.41, 5.74) is 1.02. The second-order valence-electron chi connectivity index (χ2n) is 2.64. The lowest BCUT2D eigenvalue weighted by atomic mass is 10.4. The van der Waals surface area contributed by atoms with E-state index in [9.17, 15) is 0 Å². The van der Waals surface area contributed by atoms with Crippen LogP contribution >= 0.6 is 12.4 Å². The molecule has 0 aliphatic carbocycles. The molecule has 0 saturated heterocycles. The van der Waals surface area contributed by atoms with Gasteiger partial charge in [0, 0.05) is 12.7 Å². The molecule has 1 aromatic rings. The normalized spacial score (nSPS) is 9.38. The van der Waals surface area contributed by atoms with E-state index >= 15 is 0 Å². The summed E-state index contributed by atoms with van der Waals surface area (Å²) < 4.78 is 1.72. The van der Waals surface area contributed by atoms with Gasteiger partial charge in [0.2, 0.25) is 0 Å². The van der Waals surface area contributed by atoms with E-state index in [0.717, 1.165) is 18.7 Å². The smallest absolute Gasteiger partial charge is 0.0726 e. The van der Waals surface area contributed by atoms with Crippen LogP contribution in [-0.4, -0.2) is 28.0 Å². The summed E-state index contributed by atoms with van der Waals surface area (Å²) >= 11 is 0. The number of nitrogens with zero attached hydrogens (tertiary/aromatic N) is 2. The topological polar surface area (TPSA) is 50.1 Å². The van der Waals surface area contributed by atoms with Crippen LogP contribution in [0.2, 0.25) is 0 Å². The molecule has 1 rings (SSSR count). The van der Waals surface area contributed by atoms with Crippen LogP contribution in [0.15, 0.2) is 12.4 Å². The third-order valence-corrected chi connectivity index (χ3v) is 1.54. The molecule has 0 aliphatic rings. The van der Waals surface area contributed by atoms with Gasteiger partial charge < -0.3 is 10.4 Å². The quantitative estimate of drug-likeness (QED) is 0.758. The van der Waals surface area contributed by atoms with Crippen molar-refractivity contribution in [1.29, 1.82) is 0 Å². The van der Waals surface area contributed by atoms with E-state index in [1.807, 2.05) is 6.20 Å². The Morgan fingerprint density at radius 1 is 1.62 bits per heavy atom. The molecule has 1 heterocycles. The second-order valence-corrected chi connectivity index (χ2v) is 2.64. The first-order valence-corrected chi connectivity index (χ1v) is 4.24. The Morgan fingerprint density at radius 2 is 2.38 bits per heavy atom. The Kier molecular flexibility index (Phi) is 6.36. The number of anilines is 1. The van der Waals surface area contributed by atoms with Gasteiger partial charge in [0.25, 0.3) is 0 Å². The van der Waals surface area contributed by atoms with Crippen LogP contribution in [-0.2, 0) is 6.54 Å². The molecule has 0 fully saturated rings. The van der Waals surface area contributed by atoms with E-state index in [-0.39, 0.29) is 19.0 Å². The molecule has 5 heteroatoms. The lowest BCUT2D eigenvalue weighted by Crippen LogP contribution is -2.02. The SMILES string of the molecule is CCCNc1cnn(CCO)c1.Cl. The summed E-state index contributed by atoms with van der Waals surface area (Å²) in [7, 11) is 0. The molecule has 0 bridgehead atoms. The lowest BCUT2D eigenvalue weighted by Gasteiger charge is -1.98. The molecule has 13 heavy (non-hydrogen) atoms. The van der Waals surface area contributed by atoms with Crippen molar-refractivity contribution in [2.24, 2.45) is 0 Å². The van der Waals surface area contributed by atoms with Crippen molar-refractivity contribution in [2.45, 2.75) is 19.9 Å². The van der Waals surface area contributed by atoms with E-state index in [1.54, 1.807) is 10.9 Å². The van der Waals surface area contributed by atoms with Crippen molar-refractivity contribution in [3.05, 3.63) is 12.4 Å². The molecular formula is C8H16ClN3O. The molecule has 2 N–H and O–H groups in total. The number of aliphatic hydroxyl groups is 1. The average Bonchev–Trinajstić information content (AvgIpc) is 2.50. The van der Waals surface area contributed by atoms with Gasteiger partial charge in [-0.3, -0.25) is 4.68 Å². The van der Waals surface area contributed by atoms with Crippen LogP contribution in [0.25, 0.3) is 0 Å². The molecule has 0 amide bonds. The zero-order valence-corrected chi connectivity index (χ0v) is 8.55. The summed E-state index contributed by atoms with van der Waals surface area (Å²) in [6, 6.07) is 0. The Balaban J connectivity index is 0.00000144. The average molecular weight is 206 g/mol. The third-order valence-electron chi connectivity index (χ3n) is 1.54. The van der Waals surface area contributed by atoms with Gasteiger partial charge in [0.15, 0.2) is 0 Å². The minimum Gasteiger partial charge on any atom is -0.394 e. The van der Waals surface area contributed by atoms with Gasteiger partial charge in [0.05, 0.1) is 25.0 Å². The summed E-state index contributed by atoms with van der Waals surface area (Å²) in [5, 5.41) is 15.9. The number of aromatic nitrogens is 2. The van der Waals surface area contributed by atoms with Gasteiger partial charge in [-0.1, -0.05) is 6.92 Å². The highest BCUT2D eigenvalue weighted by atomic mass is 35.5. The van der Waals surface area contributed by atoms with E-state index in [2.05, 4.69) is 17.3 Å². The summed E-state index contributed by atoms with van der Waals surface area (Å²) in [6.45, 7) is 3.78. The molecule has 1 aromatic heterocycles. The molecule has 0 spiro atoms. The molecule has 0 atom stereocenters. The first-order chi connectivity index (χ1) is 5.86. The highest BCUT2D eigenvalue weighted by molar-refractivity contribution is 5.85. The Bertz CT molecular complexity index is 227. The van der Waals surface area contributed by atoms with Crippen LogP contribution in [0.4, 0.5) is 5.69 Å². The standard InChI is InChI=1S/C8H15N3O.ClH/c1-2-3-9-8-6-10-11(7-8)4-5-12;/h6-7,9,12H,2-5H2,1H3;1H. The first-order valence-electron chi connectivity index (χ1n) is 4.24. The fraction of sp³-hybridized carbons (Fsp3) is 0.625. The molecular weight excluding hydrogens is 190 g/mol. The monoisotopic (exact) mass is 205 g/mol. The maximum Gasteiger partial charge on any atom is 0.0726 e. The van der Waals surface area contributed by atoms with Gasteiger partial charge in [-0.25, -0.2) is 0 Å². The fourth-order valence-corrected chi connectivity index (χ4v) is 0.949. The summed E-state index contributed by atoms with van der Waals surface area (Å²) in [4.78, 5) is 0. The minimum absolute atomic E-state index is 0. The minimum atomic E-state index is 0. The molecule has 76 valence electrons. The molecule has 0 saturated carbocycles. The van der Waals surface area contributed by atoms with Crippen LogP contribution in [0.1, 0.15) is 13.3 Å². The van der Waals surface area contributed by atoms with Crippen LogP contribution in [0, 0.1) is 0 Å². The predicted molar refractivity (Wildman–Crippen MR) is 55.3 cm³/mol. The number of hydrogen-bond donors (Lipinski definition) is 2. The molecule has 0 aromatic carbocycles. The maximum atomic E-state index is 8.62. The molecule has 4 nitrogen and oxygen atoms in total. The van der Waals surface area contributed by atoms with Crippen molar-refractivity contribution >= 4 is 18.1 Å². The zero-order valence-electron chi connectivity index (χ0n) is 7.73. The Hall–Kier alpha value is -0.740. The van der Waals surface area contributed by atoms with E-state index in [4.69, 9.17) is 5.11 Å². The third kappa shape index (κ3) is 4.15. The van der Waals surface area contributed by atoms with Crippen LogP contribution < -0.4 is 5.32 Å². The Morgan fingerprint density at radius 3 is 3.00 bits per heavy atom. The highest BCUT2D eigenvalue weighted by Gasteiger charge is 1.95. The number of hydrogen-bond acceptors (Lipinski definition) is 3. The predicted octanol–water partition coefficient (Wildman–Crippen LogP) is 1.12. The number of nitrogens with one attached hydrogen (secondary N) is 1. The van der Waals surface area contributed by atoms with E-state index < -0.39 is 0 Å². The second kappa shape index (κ2) is 6.74. The molecule has 0 radical (unpaired) electrons. The lowest BCUT2D eigenvalue weighted by molar-refractivity contribution is 0.269. The fourth-order valence-electron chi connectivity index (χ4n) is 0.949. The number of rotatable bonds is 5. The van der Waals surface area contributed by atoms with Crippen LogP contribution in [0.5, 0.6) is 0 Å². The zero-order chi connectivity index (χ0) is 8.81. The van der Waals surface area contributed by atoms with Gasteiger partial charge in [-0.15, -0.1) is 12.4 Å². The largest absolute Gasteiger partial charge is 0.394 e. The Labute approximate surface area is 84.4 Å². The van der Waals surface area contributed by atoms with Gasteiger partial charge >= 0.3 is 0 Å². The van der Waals surface area contributed by atoms with E-state index in [0.29, 0.717) is 6.54 Å². The number of halogens is 1. The van der Waals surface area contributed by atoms with Crippen molar-refractivity contribution in [1.82, 2.24) is 9.78 Å². The molecule has 0 aliphatic heterocycles. The van der Waals surface area contributed by atoms with E-state index in [1.165, 1.54) is 0 Å². The highest BCUT2D eigenvalue weighted by Crippen LogP contribution is 2.03. The molecule has 0 unspecified atom stereocenters. The van der Waals surface area contributed by atoms with Gasteiger partial charge in [-0.05, 0) is 6.42 Å². The van der Waals surface area contributed by atoms with Crippen molar-refractivity contribution < 1.29 is 5.11 Å². The van der Waals surface area contributed by atoms with Gasteiger partial charge in [0.1, 0.15) is 0 Å². The van der Waals surface area contributed by atoms with Crippen LogP contribution in [0.3, 0.4) is 0 Å².